The molecule has 0 saturated carbocycles. The first-order valence-corrected chi connectivity index (χ1v) is 5.99. The molecule has 1 aromatic heterocycles. The molecule has 7 heteroatoms. The van der Waals surface area contributed by atoms with Gasteiger partial charge in [-0.05, 0) is 12.1 Å². The number of para-hydroxylation sites is 1. The quantitative estimate of drug-likeness (QED) is 0.881. The Labute approximate surface area is 119 Å². The number of carbonyl (C=O) groups excluding carboxylic acids is 1. The van der Waals surface area contributed by atoms with Crippen molar-refractivity contribution in [2.45, 2.75) is 0 Å². The molecule has 0 saturated heterocycles. The van der Waals surface area contributed by atoms with Crippen LogP contribution in [0.4, 0.5) is 11.5 Å². The third-order valence-corrected chi connectivity index (χ3v) is 2.87. The van der Waals surface area contributed by atoms with Gasteiger partial charge in [0, 0.05) is 0 Å². The summed E-state index contributed by atoms with van der Waals surface area (Å²) in [5.41, 5.74) is 0.595. The second-order valence-electron chi connectivity index (χ2n) is 3.50. The highest BCUT2D eigenvalue weighted by molar-refractivity contribution is 6.39. The van der Waals surface area contributed by atoms with Crippen LogP contribution >= 0.6 is 23.2 Å². The molecular weight excluding hydrogens is 289 g/mol. The molecule has 0 fully saturated rings. The van der Waals surface area contributed by atoms with E-state index < -0.39 is 5.97 Å². The third kappa shape index (κ3) is 3.13. The lowest BCUT2D eigenvalue weighted by Gasteiger charge is -2.09. The third-order valence-electron chi connectivity index (χ3n) is 2.24. The molecule has 2 aromatic rings. The molecule has 0 aliphatic carbocycles. The van der Waals surface area contributed by atoms with Gasteiger partial charge in [0.25, 0.3) is 0 Å². The number of hydrogen-bond donors (Lipinski definition) is 1. The van der Waals surface area contributed by atoms with Crippen LogP contribution in [0.2, 0.25) is 10.0 Å². The van der Waals surface area contributed by atoms with Gasteiger partial charge >= 0.3 is 5.97 Å². The van der Waals surface area contributed by atoms with Gasteiger partial charge in [-0.15, -0.1) is 0 Å². The second kappa shape index (κ2) is 5.86. The highest BCUT2D eigenvalue weighted by Gasteiger charge is 2.10. The summed E-state index contributed by atoms with van der Waals surface area (Å²) >= 11 is 12.0. The topological polar surface area (TPSA) is 64.1 Å². The Kier molecular flexibility index (Phi) is 4.19. The standard InChI is InChI=1S/C12H9Cl2N3O2/c1-19-12(18)9-5-15-6-10(16-9)17-11-7(13)3-2-4-8(11)14/h2-6H,1H3,(H,16,17). The molecule has 0 aliphatic rings. The lowest BCUT2D eigenvalue weighted by Crippen LogP contribution is -2.07. The number of nitrogens with one attached hydrogen (secondary N) is 1. The number of hydrogen-bond acceptors (Lipinski definition) is 5. The fourth-order valence-electron chi connectivity index (χ4n) is 1.37. The van der Waals surface area contributed by atoms with Gasteiger partial charge in [0.05, 0.1) is 35.2 Å². The van der Waals surface area contributed by atoms with Gasteiger partial charge in [0.15, 0.2) is 5.69 Å². The Balaban J connectivity index is 2.31. The van der Waals surface area contributed by atoms with E-state index in [-0.39, 0.29) is 5.69 Å². The Morgan fingerprint density at radius 3 is 2.58 bits per heavy atom. The minimum Gasteiger partial charge on any atom is -0.464 e. The van der Waals surface area contributed by atoms with Crippen LogP contribution < -0.4 is 5.32 Å². The summed E-state index contributed by atoms with van der Waals surface area (Å²) in [5, 5.41) is 3.80. The first kappa shape index (κ1) is 13.6. The Morgan fingerprint density at radius 2 is 1.95 bits per heavy atom. The molecule has 1 heterocycles. The molecule has 1 aromatic carbocycles. The zero-order chi connectivity index (χ0) is 13.8. The number of nitrogens with zero attached hydrogens (tertiary/aromatic N) is 2. The zero-order valence-corrected chi connectivity index (χ0v) is 11.4. The number of carbonyl (C=O) groups is 1. The van der Waals surface area contributed by atoms with Crippen molar-refractivity contribution in [1.82, 2.24) is 9.97 Å². The number of halogens is 2. The van der Waals surface area contributed by atoms with E-state index in [0.717, 1.165) is 0 Å². The van der Waals surface area contributed by atoms with Crippen molar-refractivity contribution in [2.24, 2.45) is 0 Å². The van der Waals surface area contributed by atoms with Crippen LogP contribution in [0, 0.1) is 0 Å². The predicted molar refractivity (Wildman–Crippen MR) is 73.1 cm³/mol. The maximum atomic E-state index is 11.3. The van der Waals surface area contributed by atoms with E-state index in [0.29, 0.717) is 21.6 Å². The van der Waals surface area contributed by atoms with Crippen molar-refractivity contribution in [2.75, 3.05) is 12.4 Å². The maximum absolute atomic E-state index is 11.3. The van der Waals surface area contributed by atoms with Gasteiger partial charge in [0.1, 0.15) is 5.82 Å². The smallest absolute Gasteiger partial charge is 0.358 e. The first-order chi connectivity index (χ1) is 9.11. The predicted octanol–water partition coefficient (Wildman–Crippen LogP) is 3.31. The highest BCUT2D eigenvalue weighted by atomic mass is 35.5. The number of aromatic nitrogens is 2. The molecule has 0 unspecified atom stereocenters. The molecule has 0 bridgehead atoms. The van der Waals surface area contributed by atoms with Gasteiger partial charge in [-0.3, -0.25) is 4.98 Å². The monoisotopic (exact) mass is 297 g/mol. The fourth-order valence-corrected chi connectivity index (χ4v) is 1.87. The molecular formula is C12H9Cl2N3O2. The second-order valence-corrected chi connectivity index (χ2v) is 4.32. The average Bonchev–Trinajstić information content (AvgIpc) is 2.42. The van der Waals surface area contributed by atoms with E-state index in [4.69, 9.17) is 23.2 Å². The molecule has 0 aliphatic heterocycles. The summed E-state index contributed by atoms with van der Waals surface area (Å²) in [6.45, 7) is 0. The van der Waals surface area contributed by atoms with Crippen LogP contribution in [0.1, 0.15) is 10.5 Å². The average molecular weight is 298 g/mol. The fraction of sp³-hybridized carbons (Fsp3) is 0.0833. The zero-order valence-electron chi connectivity index (χ0n) is 9.85. The van der Waals surface area contributed by atoms with E-state index in [9.17, 15) is 4.79 Å². The lowest BCUT2D eigenvalue weighted by molar-refractivity contribution is 0.0593. The largest absolute Gasteiger partial charge is 0.464 e. The van der Waals surface area contributed by atoms with Crippen molar-refractivity contribution in [1.29, 1.82) is 0 Å². The van der Waals surface area contributed by atoms with Crippen molar-refractivity contribution in [3.63, 3.8) is 0 Å². The van der Waals surface area contributed by atoms with Gasteiger partial charge in [-0.25, -0.2) is 9.78 Å². The van der Waals surface area contributed by atoms with Crippen LogP contribution in [0.3, 0.4) is 0 Å². The minimum absolute atomic E-state index is 0.0932. The summed E-state index contributed by atoms with van der Waals surface area (Å²) in [6, 6.07) is 5.10. The summed E-state index contributed by atoms with van der Waals surface area (Å²) in [5.74, 6) is -0.223. The summed E-state index contributed by atoms with van der Waals surface area (Å²) in [4.78, 5) is 19.3. The van der Waals surface area contributed by atoms with E-state index >= 15 is 0 Å². The molecule has 0 radical (unpaired) electrons. The van der Waals surface area contributed by atoms with E-state index in [2.05, 4.69) is 20.0 Å². The Morgan fingerprint density at radius 1 is 1.26 bits per heavy atom. The number of rotatable bonds is 3. The minimum atomic E-state index is -0.568. The molecule has 2 rings (SSSR count). The van der Waals surface area contributed by atoms with Crippen LogP contribution in [-0.2, 0) is 4.74 Å². The van der Waals surface area contributed by atoms with Crippen molar-refractivity contribution in [3.05, 3.63) is 46.3 Å². The number of esters is 1. The van der Waals surface area contributed by atoms with E-state index in [1.165, 1.54) is 19.5 Å². The summed E-state index contributed by atoms with van der Waals surface area (Å²) < 4.78 is 4.57. The number of ether oxygens (including phenoxy) is 1. The molecule has 98 valence electrons. The van der Waals surface area contributed by atoms with Crippen molar-refractivity contribution >= 4 is 40.7 Å². The number of benzene rings is 1. The van der Waals surface area contributed by atoms with Gasteiger partial charge < -0.3 is 10.1 Å². The molecule has 0 atom stereocenters. The van der Waals surface area contributed by atoms with Crippen LogP contribution in [-0.4, -0.2) is 23.0 Å². The molecule has 0 amide bonds. The SMILES string of the molecule is COC(=O)c1cncc(Nc2c(Cl)cccc2Cl)n1. The van der Waals surface area contributed by atoms with Crippen molar-refractivity contribution in [3.8, 4) is 0 Å². The highest BCUT2D eigenvalue weighted by Crippen LogP contribution is 2.31. The maximum Gasteiger partial charge on any atom is 0.358 e. The lowest BCUT2D eigenvalue weighted by atomic mass is 10.3. The normalized spacial score (nSPS) is 10.1. The molecule has 1 N–H and O–H groups in total. The summed E-state index contributed by atoms with van der Waals surface area (Å²) in [7, 11) is 1.27. The van der Waals surface area contributed by atoms with Crippen LogP contribution in [0.5, 0.6) is 0 Å². The number of anilines is 2. The van der Waals surface area contributed by atoms with Crippen LogP contribution in [0.25, 0.3) is 0 Å². The Bertz CT molecular complexity index is 599. The van der Waals surface area contributed by atoms with Gasteiger partial charge in [-0.2, -0.15) is 0 Å². The summed E-state index contributed by atoms with van der Waals surface area (Å²) in [6.07, 6.45) is 2.76. The van der Waals surface area contributed by atoms with E-state index in [1.807, 2.05) is 0 Å². The van der Waals surface area contributed by atoms with Gasteiger partial charge in [-0.1, -0.05) is 29.3 Å². The van der Waals surface area contributed by atoms with E-state index in [1.54, 1.807) is 18.2 Å². The van der Waals surface area contributed by atoms with Crippen LogP contribution in [0.15, 0.2) is 30.6 Å². The Hall–Kier alpha value is -1.85. The number of methoxy groups -OCH3 is 1. The van der Waals surface area contributed by atoms with Gasteiger partial charge in [0.2, 0.25) is 0 Å². The van der Waals surface area contributed by atoms with Crippen molar-refractivity contribution < 1.29 is 9.53 Å². The molecule has 19 heavy (non-hydrogen) atoms. The molecule has 5 nitrogen and oxygen atoms in total. The molecule has 0 spiro atoms. The first-order valence-electron chi connectivity index (χ1n) is 5.23.